The van der Waals surface area contributed by atoms with Gasteiger partial charge in [0.15, 0.2) is 5.78 Å². The number of hydrogen-bond donors (Lipinski definition) is 0. The van der Waals surface area contributed by atoms with Crippen LogP contribution in [-0.4, -0.2) is 29.5 Å². The molecule has 0 aliphatic carbocycles. The van der Waals surface area contributed by atoms with Crippen LogP contribution in [0.4, 0.5) is 0 Å². The molecule has 0 bridgehead atoms. The predicted molar refractivity (Wildman–Crippen MR) is 76.3 cm³/mol. The third kappa shape index (κ3) is 3.85. The first kappa shape index (κ1) is 13.6. The minimum absolute atomic E-state index is 0.256. The molecule has 0 spiro atoms. The van der Waals surface area contributed by atoms with Gasteiger partial charge in [0, 0.05) is 23.8 Å². The molecule has 1 aromatic rings. The van der Waals surface area contributed by atoms with E-state index in [9.17, 15) is 4.79 Å². The van der Waals surface area contributed by atoms with Crippen molar-refractivity contribution in [3.05, 3.63) is 35.9 Å². The number of thioether (sulfide) groups is 1. The highest BCUT2D eigenvalue weighted by Gasteiger charge is 2.24. The average molecular weight is 264 g/mol. The van der Waals surface area contributed by atoms with Crippen molar-refractivity contribution in [3.63, 3.8) is 0 Å². The first-order chi connectivity index (χ1) is 8.77. The summed E-state index contributed by atoms with van der Waals surface area (Å²) in [5.41, 5.74) is 0.833. The molecule has 18 heavy (non-hydrogen) atoms. The van der Waals surface area contributed by atoms with Gasteiger partial charge in [0.1, 0.15) is 0 Å². The monoisotopic (exact) mass is 264 g/mol. The van der Waals surface area contributed by atoms with Crippen molar-refractivity contribution >= 4 is 17.5 Å². The number of benzene rings is 1. The number of Topliss-reactive ketones (excluding diaryl/α,β-unsaturated/α-hetero) is 1. The molecule has 1 aliphatic heterocycles. The van der Waals surface area contributed by atoms with Crippen molar-refractivity contribution in [2.75, 3.05) is 12.4 Å². The van der Waals surface area contributed by atoms with Crippen LogP contribution in [0.25, 0.3) is 0 Å². The molecule has 2 nitrogen and oxygen atoms in total. The molecule has 1 aromatic carbocycles. The van der Waals surface area contributed by atoms with E-state index in [4.69, 9.17) is 4.74 Å². The Labute approximate surface area is 113 Å². The maximum atomic E-state index is 11.9. The van der Waals surface area contributed by atoms with Crippen molar-refractivity contribution in [1.82, 2.24) is 0 Å². The molecule has 1 saturated heterocycles. The molecule has 2 rings (SSSR count). The van der Waals surface area contributed by atoms with Crippen LogP contribution < -0.4 is 0 Å². The second kappa shape index (κ2) is 6.95. The van der Waals surface area contributed by atoms with E-state index in [-0.39, 0.29) is 5.78 Å². The Balaban J connectivity index is 1.65. The average Bonchev–Trinajstić information content (AvgIpc) is 2.81. The number of rotatable bonds is 6. The van der Waals surface area contributed by atoms with Gasteiger partial charge in [0.2, 0.25) is 0 Å². The predicted octanol–water partition coefficient (Wildman–Crippen LogP) is 3.56. The second-order valence-corrected chi connectivity index (χ2v) is 6.01. The zero-order valence-electron chi connectivity index (χ0n) is 10.8. The fourth-order valence-corrected chi connectivity index (χ4v) is 3.39. The number of ketones is 1. The maximum Gasteiger partial charge on any atom is 0.162 e. The van der Waals surface area contributed by atoms with Crippen molar-refractivity contribution in [2.24, 2.45) is 0 Å². The third-order valence-electron chi connectivity index (χ3n) is 3.28. The Morgan fingerprint density at radius 3 is 2.83 bits per heavy atom. The second-order valence-electron chi connectivity index (χ2n) is 4.67. The lowest BCUT2D eigenvalue weighted by Crippen LogP contribution is -2.14. The SMILES string of the molecule is CC1OCCC1SCCCC(=O)c1ccccc1. The van der Waals surface area contributed by atoms with Gasteiger partial charge in [-0.1, -0.05) is 30.3 Å². The van der Waals surface area contributed by atoms with Crippen molar-refractivity contribution < 1.29 is 9.53 Å². The van der Waals surface area contributed by atoms with E-state index in [0.29, 0.717) is 17.8 Å². The summed E-state index contributed by atoms with van der Waals surface area (Å²) in [6.07, 6.45) is 3.14. The van der Waals surface area contributed by atoms with Gasteiger partial charge in [0.25, 0.3) is 0 Å². The fourth-order valence-electron chi connectivity index (χ4n) is 2.17. The topological polar surface area (TPSA) is 26.3 Å². The van der Waals surface area contributed by atoms with Gasteiger partial charge in [-0.3, -0.25) is 4.79 Å². The summed E-state index contributed by atoms with van der Waals surface area (Å²) in [6, 6.07) is 9.55. The zero-order valence-corrected chi connectivity index (χ0v) is 11.6. The van der Waals surface area contributed by atoms with Crippen molar-refractivity contribution in [2.45, 2.75) is 37.5 Å². The summed E-state index contributed by atoms with van der Waals surface area (Å²) >= 11 is 1.95. The summed E-state index contributed by atoms with van der Waals surface area (Å²) in [4.78, 5) is 11.9. The third-order valence-corrected chi connectivity index (χ3v) is 4.85. The smallest absolute Gasteiger partial charge is 0.162 e. The zero-order chi connectivity index (χ0) is 12.8. The van der Waals surface area contributed by atoms with E-state index in [0.717, 1.165) is 30.8 Å². The Morgan fingerprint density at radius 2 is 2.17 bits per heavy atom. The van der Waals surface area contributed by atoms with Crippen LogP contribution in [-0.2, 0) is 4.74 Å². The molecule has 98 valence electrons. The van der Waals surface area contributed by atoms with Gasteiger partial charge in [-0.2, -0.15) is 11.8 Å². The van der Waals surface area contributed by atoms with Crippen LogP contribution in [0.2, 0.25) is 0 Å². The van der Waals surface area contributed by atoms with Crippen LogP contribution in [0.5, 0.6) is 0 Å². The molecule has 0 N–H and O–H groups in total. The van der Waals surface area contributed by atoms with E-state index in [2.05, 4.69) is 6.92 Å². The summed E-state index contributed by atoms with van der Waals surface area (Å²) in [5, 5.41) is 0.622. The maximum absolute atomic E-state index is 11.9. The molecule has 3 heteroatoms. The van der Waals surface area contributed by atoms with E-state index < -0.39 is 0 Å². The van der Waals surface area contributed by atoms with E-state index in [1.807, 2.05) is 42.1 Å². The summed E-state index contributed by atoms with van der Waals surface area (Å²) < 4.78 is 5.53. The number of carbonyl (C=O) groups excluding carboxylic acids is 1. The van der Waals surface area contributed by atoms with E-state index >= 15 is 0 Å². The lowest BCUT2D eigenvalue weighted by molar-refractivity contribution is 0.0982. The van der Waals surface area contributed by atoms with Crippen LogP contribution in [0.1, 0.15) is 36.5 Å². The summed E-state index contributed by atoms with van der Waals surface area (Å²) in [6.45, 7) is 3.03. The first-order valence-corrected chi connectivity index (χ1v) is 7.63. The van der Waals surface area contributed by atoms with E-state index in [1.165, 1.54) is 0 Å². The molecule has 0 radical (unpaired) electrons. The highest BCUT2D eigenvalue weighted by molar-refractivity contribution is 7.99. The van der Waals surface area contributed by atoms with Crippen LogP contribution >= 0.6 is 11.8 Å². The van der Waals surface area contributed by atoms with Gasteiger partial charge >= 0.3 is 0 Å². The van der Waals surface area contributed by atoms with Crippen LogP contribution in [0.15, 0.2) is 30.3 Å². The molecule has 0 aromatic heterocycles. The molecule has 2 unspecified atom stereocenters. The van der Waals surface area contributed by atoms with Gasteiger partial charge in [-0.25, -0.2) is 0 Å². The Hall–Kier alpha value is -0.800. The molecule has 1 aliphatic rings. The first-order valence-electron chi connectivity index (χ1n) is 6.59. The lowest BCUT2D eigenvalue weighted by atomic mass is 10.1. The van der Waals surface area contributed by atoms with Crippen LogP contribution in [0, 0.1) is 0 Å². The summed E-state index contributed by atoms with van der Waals surface area (Å²) in [5.74, 6) is 1.31. The van der Waals surface area contributed by atoms with Gasteiger partial charge in [-0.15, -0.1) is 0 Å². The van der Waals surface area contributed by atoms with Gasteiger partial charge < -0.3 is 4.74 Å². The highest BCUT2D eigenvalue weighted by atomic mass is 32.2. The minimum atomic E-state index is 0.256. The van der Waals surface area contributed by atoms with Gasteiger partial charge in [-0.05, 0) is 25.5 Å². The molecular formula is C15H20O2S. The molecule has 2 atom stereocenters. The standard InChI is InChI=1S/C15H20O2S/c1-12-15(9-10-17-12)18-11-5-8-14(16)13-6-3-2-4-7-13/h2-4,6-7,12,15H,5,8-11H2,1H3. The normalized spacial score (nSPS) is 23.2. The Morgan fingerprint density at radius 1 is 1.39 bits per heavy atom. The number of carbonyl (C=O) groups is 1. The largest absolute Gasteiger partial charge is 0.377 e. The molecule has 1 heterocycles. The molecule has 0 amide bonds. The Bertz CT molecular complexity index is 377. The van der Waals surface area contributed by atoms with Crippen molar-refractivity contribution in [1.29, 1.82) is 0 Å². The van der Waals surface area contributed by atoms with Gasteiger partial charge in [0.05, 0.1) is 6.10 Å². The quantitative estimate of drug-likeness (QED) is 0.580. The highest BCUT2D eigenvalue weighted by Crippen LogP contribution is 2.27. The molecular weight excluding hydrogens is 244 g/mol. The Kier molecular flexibility index (Phi) is 5.26. The fraction of sp³-hybridized carbons (Fsp3) is 0.533. The lowest BCUT2D eigenvalue weighted by Gasteiger charge is -2.12. The van der Waals surface area contributed by atoms with E-state index in [1.54, 1.807) is 0 Å². The minimum Gasteiger partial charge on any atom is -0.377 e. The van der Waals surface area contributed by atoms with Crippen LogP contribution in [0.3, 0.4) is 0 Å². The number of ether oxygens (including phenoxy) is 1. The summed E-state index contributed by atoms with van der Waals surface area (Å²) in [7, 11) is 0. The number of hydrogen-bond acceptors (Lipinski definition) is 3. The molecule has 0 saturated carbocycles. The van der Waals surface area contributed by atoms with Crippen molar-refractivity contribution in [3.8, 4) is 0 Å². The molecule has 1 fully saturated rings.